The number of allylic oxidation sites excluding steroid dienone is 2. The van der Waals surface area contributed by atoms with Gasteiger partial charge >= 0.3 is 0 Å². The van der Waals surface area contributed by atoms with E-state index in [-0.39, 0.29) is 23.0 Å². The zero-order valence-corrected chi connectivity index (χ0v) is 17.9. The molecule has 26 heavy (non-hydrogen) atoms. The molecule has 2 aliphatic heterocycles. The van der Waals surface area contributed by atoms with E-state index >= 15 is 0 Å². The molecule has 0 saturated carbocycles. The summed E-state index contributed by atoms with van der Waals surface area (Å²) in [5.41, 5.74) is 0.306. The Morgan fingerprint density at radius 3 is 2.31 bits per heavy atom. The van der Waals surface area contributed by atoms with Crippen LogP contribution in [0.15, 0.2) is 11.3 Å². The van der Waals surface area contributed by atoms with E-state index in [1.807, 2.05) is 13.8 Å². The minimum Gasteiger partial charge on any atom is -0.464 e. The van der Waals surface area contributed by atoms with Crippen LogP contribution in [-0.2, 0) is 23.7 Å². The van der Waals surface area contributed by atoms with Gasteiger partial charge in [0.2, 0.25) is 10.1 Å². The molecule has 150 valence electrons. The fourth-order valence-corrected chi connectivity index (χ4v) is 3.86. The molecule has 1 fully saturated rings. The monoisotopic (exact) mass is 428 g/mol. The molecule has 0 aromatic rings. The van der Waals surface area contributed by atoms with Gasteiger partial charge in [0.05, 0.1) is 13.2 Å². The van der Waals surface area contributed by atoms with Gasteiger partial charge in [0.15, 0.2) is 12.0 Å². The van der Waals surface area contributed by atoms with Gasteiger partial charge in [0, 0.05) is 35.9 Å². The fraction of sp³-hybridized carbons (Fsp3) is 0.833. The molecule has 2 rings (SSSR count). The Labute approximate surface area is 170 Å². The lowest BCUT2D eigenvalue weighted by molar-refractivity contribution is -0.235. The fourth-order valence-electron chi connectivity index (χ4n) is 3.40. The van der Waals surface area contributed by atoms with Crippen molar-refractivity contribution in [3.63, 3.8) is 0 Å². The van der Waals surface area contributed by atoms with Crippen molar-refractivity contribution in [2.24, 2.45) is 17.3 Å². The maximum Gasteiger partial charge on any atom is 0.248 e. The minimum atomic E-state index is -1.85. The largest absolute Gasteiger partial charge is 0.464 e. The molecule has 0 radical (unpaired) electrons. The number of alkyl halides is 3. The number of carbonyl (C=O) groups is 1. The maximum atomic E-state index is 11.9. The van der Waals surface area contributed by atoms with Gasteiger partial charge in [0.1, 0.15) is 6.29 Å². The average Bonchev–Trinajstić information content (AvgIpc) is 2.56. The third-order valence-corrected chi connectivity index (χ3v) is 5.23. The molecular weight excluding hydrogens is 403 g/mol. The Morgan fingerprint density at radius 1 is 1.23 bits per heavy atom. The van der Waals surface area contributed by atoms with E-state index in [0.717, 1.165) is 6.42 Å². The predicted octanol–water partition coefficient (Wildman–Crippen LogP) is 4.63. The van der Waals surface area contributed by atoms with Crippen molar-refractivity contribution in [3.05, 3.63) is 11.3 Å². The quantitative estimate of drug-likeness (QED) is 0.455. The van der Waals surface area contributed by atoms with Crippen LogP contribution < -0.4 is 0 Å². The lowest BCUT2D eigenvalue weighted by atomic mass is 9.79. The summed E-state index contributed by atoms with van der Waals surface area (Å²) in [5, 5.41) is 0. The van der Waals surface area contributed by atoms with Crippen molar-refractivity contribution in [2.45, 2.75) is 56.9 Å². The molecule has 0 aliphatic carbocycles. The number of rotatable bonds is 6. The first-order valence-corrected chi connectivity index (χ1v) is 10.0. The van der Waals surface area contributed by atoms with Crippen LogP contribution in [0.4, 0.5) is 0 Å². The Balaban J connectivity index is 2.31. The molecule has 5 nitrogen and oxygen atoms in total. The maximum absolute atomic E-state index is 11.9. The Kier molecular flexibility index (Phi) is 7.68. The number of hydrogen-bond donors (Lipinski definition) is 0. The molecule has 0 amide bonds. The Morgan fingerprint density at radius 2 is 1.85 bits per heavy atom. The zero-order chi connectivity index (χ0) is 19.5. The highest BCUT2D eigenvalue weighted by atomic mass is 35.6. The summed E-state index contributed by atoms with van der Waals surface area (Å²) in [4.78, 5) is 11.9. The number of hydrogen-bond acceptors (Lipinski definition) is 5. The van der Waals surface area contributed by atoms with Gasteiger partial charge in [-0.15, -0.1) is 0 Å². The molecule has 2 heterocycles. The van der Waals surface area contributed by atoms with Crippen LogP contribution in [0.3, 0.4) is 0 Å². The van der Waals surface area contributed by atoms with E-state index in [0.29, 0.717) is 38.1 Å². The van der Waals surface area contributed by atoms with E-state index in [9.17, 15) is 4.79 Å². The normalized spacial score (nSPS) is 30.2. The van der Waals surface area contributed by atoms with Gasteiger partial charge in [-0.2, -0.15) is 0 Å². The van der Waals surface area contributed by atoms with Crippen molar-refractivity contribution in [2.75, 3.05) is 19.8 Å². The standard InChI is InChI=1S/C18H27Cl3O5/c1-5-11-12(7-14-24-9-17(3,4)10-25-14)13(8-22)15(18(19,20)21)26-16(11)23-6-2/h8,11-12,14,16H,5-7,9-10H2,1-4H3/t11-,12+,16-/m1/s1. The van der Waals surface area contributed by atoms with Gasteiger partial charge in [-0.1, -0.05) is 55.6 Å². The highest BCUT2D eigenvalue weighted by Crippen LogP contribution is 2.47. The SMILES string of the molecule is CCO[C@@H]1OC(C(Cl)(Cl)Cl)=C(C=O)[C@@H](CC2OCC(C)(C)CO2)[C@H]1CC. The summed E-state index contributed by atoms with van der Waals surface area (Å²) >= 11 is 18.2. The second-order valence-corrected chi connectivity index (χ2v) is 9.75. The zero-order valence-electron chi connectivity index (χ0n) is 15.6. The van der Waals surface area contributed by atoms with Crippen LogP contribution in [0, 0.1) is 17.3 Å². The summed E-state index contributed by atoms with van der Waals surface area (Å²) in [6, 6.07) is 0. The van der Waals surface area contributed by atoms with Crippen LogP contribution in [0.5, 0.6) is 0 Å². The molecule has 2 aliphatic rings. The number of aldehydes is 1. The number of halogens is 3. The van der Waals surface area contributed by atoms with Crippen LogP contribution in [0.25, 0.3) is 0 Å². The molecular formula is C18H27Cl3O5. The summed E-state index contributed by atoms with van der Waals surface area (Å²) in [6.07, 6.45) is 0.899. The van der Waals surface area contributed by atoms with Crippen molar-refractivity contribution in [1.82, 2.24) is 0 Å². The van der Waals surface area contributed by atoms with E-state index < -0.39 is 16.4 Å². The van der Waals surface area contributed by atoms with Gasteiger partial charge in [0.25, 0.3) is 0 Å². The summed E-state index contributed by atoms with van der Waals surface area (Å²) in [6.45, 7) is 9.66. The van der Waals surface area contributed by atoms with Gasteiger partial charge in [-0.3, -0.25) is 4.79 Å². The van der Waals surface area contributed by atoms with E-state index in [4.69, 9.17) is 53.8 Å². The second kappa shape index (κ2) is 8.97. The first kappa shape index (κ1) is 22.3. The predicted molar refractivity (Wildman–Crippen MR) is 101 cm³/mol. The average molecular weight is 430 g/mol. The molecule has 8 heteroatoms. The first-order valence-electron chi connectivity index (χ1n) is 8.91. The number of carbonyl (C=O) groups excluding carboxylic acids is 1. The molecule has 0 unspecified atom stereocenters. The number of ether oxygens (including phenoxy) is 4. The molecule has 0 aromatic carbocycles. The molecule has 0 aromatic heterocycles. The molecule has 0 spiro atoms. The van der Waals surface area contributed by atoms with Crippen LogP contribution >= 0.6 is 34.8 Å². The van der Waals surface area contributed by atoms with E-state index in [2.05, 4.69) is 13.8 Å². The lowest BCUT2D eigenvalue weighted by Crippen LogP contribution is -2.44. The highest BCUT2D eigenvalue weighted by Gasteiger charge is 2.46. The van der Waals surface area contributed by atoms with Gasteiger partial charge < -0.3 is 18.9 Å². The smallest absolute Gasteiger partial charge is 0.248 e. The molecule has 1 saturated heterocycles. The summed E-state index contributed by atoms with van der Waals surface area (Å²) in [7, 11) is 0. The van der Waals surface area contributed by atoms with E-state index in [1.165, 1.54) is 0 Å². The van der Waals surface area contributed by atoms with Crippen LogP contribution in [-0.4, -0.2) is 42.5 Å². The van der Waals surface area contributed by atoms with Crippen LogP contribution in [0.1, 0.15) is 40.5 Å². The van der Waals surface area contributed by atoms with Crippen LogP contribution in [0.2, 0.25) is 0 Å². The van der Waals surface area contributed by atoms with E-state index in [1.54, 1.807) is 0 Å². The summed E-state index contributed by atoms with van der Waals surface area (Å²) < 4.78 is 21.4. The van der Waals surface area contributed by atoms with Crippen molar-refractivity contribution >= 4 is 41.1 Å². The lowest BCUT2D eigenvalue weighted by Gasteiger charge is -2.42. The second-order valence-electron chi connectivity index (χ2n) is 7.47. The van der Waals surface area contributed by atoms with Crippen molar-refractivity contribution < 1.29 is 23.7 Å². The third kappa shape index (κ3) is 5.27. The Hall–Kier alpha value is -0.0400. The summed E-state index contributed by atoms with van der Waals surface area (Å²) in [5.74, 6) is -0.296. The topological polar surface area (TPSA) is 54.0 Å². The first-order chi connectivity index (χ1) is 12.1. The van der Waals surface area contributed by atoms with Crippen molar-refractivity contribution in [3.8, 4) is 0 Å². The van der Waals surface area contributed by atoms with Gasteiger partial charge in [-0.25, -0.2) is 0 Å². The molecule has 0 N–H and O–H groups in total. The third-order valence-electron chi connectivity index (χ3n) is 4.72. The highest BCUT2D eigenvalue weighted by molar-refractivity contribution is 6.69. The molecule has 3 atom stereocenters. The minimum absolute atomic E-state index is 0.0294. The molecule has 0 bridgehead atoms. The Bertz CT molecular complexity index is 519. The van der Waals surface area contributed by atoms with Crippen molar-refractivity contribution in [1.29, 1.82) is 0 Å². The van der Waals surface area contributed by atoms with Gasteiger partial charge in [-0.05, 0) is 13.3 Å².